The standard InChI is InChI=1S/C13H5F6NO2/c14-12(15,16)8-4-6(5-20)3-7(11(8)21)9-1-2-10(22-9)13(17,18)19/h1-4,21H. The van der Waals surface area contributed by atoms with E-state index in [0.29, 0.717) is 12.1 Å². The first kappa shape index (κ1) is 15.8. The maximum atomic E-state index is 12.8. The number of nitrogens with zero attached hydrogens (tertiary/aromatic N) is 1. The second-order valence-corrected chi connectivity index (χ2v) is 4.19. The van der Waals surface area contributed by atoms with Crippen molar-refractivity contribution in [2.75, 3.05) is 0 Å². The number of nitriles is 1. The van der Waals surface area contributed by atoms with Crippen LogP contribution in [0.5, 0.6) is 5.75 Å². The molecule has 116 valence electrons. The first-order chi connectivity index (χ1) is 10.0. The molecular formula is C13H5F6NO2. The number of hydrogen-bond donors (Lipinski definition) is 1. The number of halogens is 6. The molecule has 0 saturated heterocycles. The lowest BCUT2D eigenvalue weighted by Crippen LogP contribution is -2.06. The molecule has 0 aliphatic heterocycles. The lowest BCUT2D eigenvalue weighted by atomic mass is 10.0. The topological polar surface area (TPSA) is 57.2 Å². The molecule has 0 saturated carbocycles. The van der Waals surface area contributed by atoms with Gasteiger partial charge in [0.2, 0.25) is 5.76 Å². The van der Waals surface area contributed by atoms with E-state index in [2.05, 4.69) is 4.42 Å². The Kier molecular flexibility index (Phi) is 3.56. The lowest BCUT2D eigenvalue weighted by Gasteiger charge is -2.12. The fourth-order valence-electron chi connectivity index (χ4n) is 1.74. The summed E-state index contributed by atoms with van der Waals surface area (Å²) in [5, 5.41) is 18.4. The number of rotatable bonds is 1. The van der Waals surface area contributed by atoms with Gasteiger partial charge < -0.3 is 9.52 Å². The highest BCUT2D eigenvalue weighted by Crippen LogP contribution is 2.43. The molecule has 9 heteroatoms. The largest absolute Gasteiger partial charge is 0.507 e. The highest BCUT2D eigenvalue weighted by atomic mass is 19.4. The predicted octanol–water partition coefficient (Wildman–Crippen LogP) is 4.56. The van der Waals surface area contributed by atoms with E-state index in [1.165, 1.54) is 6.07 Å². The minimum absolute atomic E-state index is 0.395. The number of benzene rings is 1. The Labute approximate surface area is 119 Å². The first-order valence-corrected chi connectivity index (χ1v) is 5.55. The molecule has 0 aliphatic rings. The van der Waals surface area contributed by atoms with Crippen LogP contribution in [0.25, 0.3) is 11.3 Å². The zero-order valence-electron chi connectivity index (χ0n) is 10.4. The third-order valence-electron chi connectivity index (χ3n) is 2.70. The van der Waals surface area contributed by atoms with Gasteiger partial charge in [-0.2, -0.15) is 31.6 Å². The SMILES string of the molecule is N#Cc1cc(-c2ccc(C(F)(F)F)o2)c(O)c(C(F)(F)F)c1. The molecule has 2 aromatic rings. The Morgan fingerprint density at radius 1 is 1.00 bits per heavy atom. The summed E-state index contributed by atoms with van der Waals surface area (Å²) in [5.74, 6) is -3.38. The summed E-state index contributed by atoms with van der Waals surface area (Å²) in [6.07, 6.45) is -9.81. The second kappa shape index (κ2) is 4.98. The van der Waals surface area contributed by atoms with E-state index in [0.717, 1.165) is 12.1 Å². The van der Waals surface area contributed by atoms with Crippen LogP contribution in [0.3, 0.4) is 0 Å². The van der Waals surface area contributed by atoms with Crippen LogP contribution in [-0.4, -0.2) is 5.11 Å². The molecule has 0 spiro atoms. The number of alkyl halides is 6. The summed E-state index contributed by atoms with van der Waals surface area (Å²) >= 11 is 0. The molecule has 22 heavy (non-hydrogen) atoms. The number of phenolic OH excluding ortho intramolecular Hbond substituents is 1. The van der Waals surface area contributed by atoms with Crippen LogP contribution >= 0.6 is 0 Å². The normalized spacial score (nSPS) is 12.2. The van der Waals surface area contributed by atoms with Crippen LogP contribution < -0.4 is 0 Å². The van der Waals surface area contributed by atoms with Crippen molar-refractivity contribution in [3.05, 3.63) is 41.2 Å². The molecule has 0 aliphatic carbocycles. The fraction of sp³-hybridized carbons (Fsp3) is 0.154. The van der Waals surface area contributed by atoms with E-state index in [9.17, 15) is 31.4 Å². The van der Waals surface area contributed by atoms with Gasteiger partial charge in [-0.3, -0.25) is 0 Å². The van der Waals surface area contributed by atoms with Gasteiger partial charge in [-0.15, -0.1) is 0 Å². The molecule has 2 rings (SSSR count). The monoisotopic (exact) mass is 321 g/mol. The number of aromatic hydroxyl groups is 1. The highest BCUT2D eigenvalue weighted by Gasteiger charge is 2.38. The van der Waals surface area contributed by atoms with Crippen LogP contribution in [0.1, 0.15) is 16.9 Å². The highest BCUT2D eigenvalue weighted by molar-refractivity contribution is 5.70. The average molecular weight is 321 g/mol. The van der Waals surface area contributed by atoms with Gasteiger partial charge in [-0.05, 0) is 24.3 Å². The molecule has 1 N–H and O–H groups in total. The summed E-state index contributed by atoms with van der Waals surface area (Å²) in [7, 11) is 0. The Balaban J connectivity index is 2.66. The average Bonchev–Trinajstić information content (AvgIpc) is 2.87. The maximum Gasteiger partial charge on any atom is 0.449 e. The molecule has 0 radical (unpaired) electrons. The van der Waals surface area contributed by atoms with Crippen LogP contribution in [0.15, 0.2) is 28.7 Å². The summed E-state index contributed by atoms with van der Waals surface area (Å²) in [6, 6.07) is 3.92. The van der Waals surface area contributed by atoms with Crippen molar-refractivity contribution in [3.8, 4) is 23.1 Å². The smallest absolute Gasteiger partial charge is 0.449 e. The van der Waals surface area contributed by atoms with Crippen molar-refractivity contribution in [1.29, 1.82) is 5.26 Å². The van der Waals surface area contributed by atoms with E-state index >= 15 is 0 Å². The zero-order chi connectivity index (χ0) is 16.7. The van der Waals surface area contributed by atoms with Gasteiger partial charge in [0.05, 0.1) is 22.8 Å². The van der Waals surface area contributed by atoms with E-state index in [1.54, 1.807) is 0 Å². The van der Waals surface area contributed by atoms with Crippen LogP contribution in [-0.2, 0) is 12.4 Å². The summed E-state index contributed by atoms with van der Waals surface area (Å²) < 4.78 is 80.1. The summed E-state index contributed by atoms with van der Waals surface area (Å²) in [5.41, 5.74) is -2.67. The summed E-state index contributed by atoms with van der Waals surface area (Å²) in [6.45, 7) is 0. The molecule has 0 unspecified atom stereocenters. The van der Waals surface area contributed by atoms with Crippen molar-refractivity contribution in [2.45, 2.75) is 12.4 Å². The van der Waals surface area contributed by atoms with E-state index < -0.39 is 46.3 Å². The van der Waals surface area contributed by atoms with Gasteiger partial charge in [-0.25, -0.2) is 0 Å². The number of furan rings is 1. The fourth-order valence-corrected chi connectivity index (χ4v) is 1.74. The van der Waals surface area contributed by atoms with Crippen molar-refractivity contribution in [3.63, 3.8) is 0 Å². The third kappa shape index (κ3) is 2.86. The van der Waals surface area contributed by atoms with Gasteiger partial charge in [0.1, 0.15) is 11.5 Å². The molecule has 1 aromatic carbocycles. The first-order valence-electron chi connectivity index (χ1n) is 5.55. The van der Waals surface area contributed by atoms with E-state index in [1.807, 2.05) is 0 Å². The minimum Gasteiger partial charge on any atom is -0.507 e. The Bertz CT molecular complexity index is 751. The minimum atomic E-state index is -4.98. The van der Waals surface area contributed by atoms with E-state index in [4.69, 9.17) is 5.26 Å². The molecule has 1 heterocycles. The maximum absolute atomic E-state index is 12.8. The Morgan fingerprint density at radius 2 is 1.64 bits per heavy atom. The molecule has 1 aromatic heterocycles. The lowest BCUT2D eigenvalue weighted by molar-refractivity contribution is -0.152. The van der Waals surface area contributed by atoms with Crippen molar-refractivity contribution in [2.24, 2.45) is 0 Å². The van der Waals surface area contributed by atoms with Gasteiger partial charge in [-0.1, -0.05) is 0 Å². The number of phenols is 1. The molecule has 3 nitrogen and oxygen atoms in total. The van der Waals surface area contributed by atoms with Crippen molar-refractivity contribution >= 4 is 0 Å². The molecule has 0 atom stereocenters. The molecule has 0 amide bonds. The predicted molar refractivity (Wildman–Crippen MR) is 60.5 cm³/mol. The molecule has 0 fully saturated rings. The van der Waals surface area contributed by atoms with Crippen LogP contribution in [0, 0.1) is 11.3 Å². The molecule has 0 bridgehead atoms. The van der Waals surface area contributed by atoms with E-state index in [-0.39, 0.29) is 0 Å². The Hall–Kier alpha value is -2.63. The van der Waals surface area contributed by atoms with Gasteiger partial charge in [0, 0.05) is 0 Å². The zero-order valence-corrected chi connectivity index (χ0v) is 10.4. The van der Waals surface area contributed by atoms with Gasteiger partial charge in [0.25, 0.3) is 0 Å². The number of hydrogen-bond acceptors (Lipinski definition) is 3. The van der Waals surface area contributed by atoms with Gasteiger partial charge in [0.15, 0.2) is 0 Å². The quantitative estimate of drug-likeness (QED) is 0.783. The third-order valence-corrected chi connectivity index (χ3v) is 2.70. The van der Waals surface area contributed by atoms with Gasteiger partial charge >= 0.3 is 12.4 Å². The second-order valence-electron chi connectivity index (χ2n) is 4.19. The summed E-state index contributed by atoms with van der Waals surface area (Å²) in [4.78, 5) is 0. The Morgan fingerprint density at radius 3 is 2.09 bits per heavy atom. The van der Waals surface area contributed by atoms with Crippen molar-refractivity contribution < 1.29 is 35.9 Å². The van der Waals surface area contributed by atoms with Crippen molar-refractivity contribution in [1.82, 2.24) is 0 Å². The molecular weight excluding hydrogens is 316 g/mol. The van der Waals surface area contributed by atoms with Crippen LogP contribution in [0.4, 0.5) is 26.3 Å². The van der Waals surface area contributed by atoms with Crippen LogP contribution in [0.2, 0.25) is 0 Å².